The van der Waals surface area contributed by atoms with Crippen LogP contribution in [0.4, 0.5) is 9.18 Å². The molecule has 1 aromatic carbocycles. The molecule has 1 heterocycles. The summed E-state index contributed by atoms with van der Waals surface area (Å²) in [6.07, 6.45) is 0.344. The summed E-state index contributed by atoms with van der Waals surface area (Å²) in [5, 5.41) is 0. The van der Waals surface area contributed by atoms with Gasteiger partial charge < -0.3 is 15.4 Å². The molecule has 4 nitrogen and oxygen atoms in total. The molecule has 2 N–H and O–H groups in total. The zero-order valence-corrected chi connectivity index (χ0v) is 13.7. The lowest BCUT2D eigenvalue weighted by atomic mass is 9.86. The lowest BCUT2D eigenvalue weighted by molar-refractivity contribution is 0.0186. The first-order valence-electron chi connectivity index (χ1n) is 7.67. The minimum Gasteiger partial charge on any atom is -0.444 e. The fourth-order valence-corrected chi connectivity index (χ4v) is 2.65. The molecule has 1 aliphatic rings. The second kappa shape index (κ2) is 6.24. The number of aryl methyl sites for hydroxylation is 1. The molecule has 0 aromatic heterocycles. The van der Waals surface area contributed by atoms with Crippen molar-refractivity contribution in [3.05, 3.63) is 35.1 Å². The average Bonchev–Trinajstić information content (AvgIpc) is 2.40. The van der Waals surface area contributed by atoms with Crippen LogP contribution in [0, 0.1) is 12.7 Å². The molecule has 22 heavy (non-hydrogen) atoms. The molecule has 1 aliphatic heterocycles. The molecular weight excluding hydrogens is 283 g/mol. The molecule has 0 spiro atoms. The van der Waals surface area contributed by atoms with Crippen LogP contribution in [0.3, 0.4) is 0 Å². The molecule has 2 atom stereocenters. The van der Waals surface area contributed by atoms with Crippen LogP contribution in [0.5, 0.6) is 0 Å². The predicted molar refractivity (Wildman–Crippen MR) is 84.3 cm³/mol. The Labute approximate surface area is 131 Å². The Bertz CT molecular complexity index is 554. The maximum atomic E-state index is 13.8. The van der Waals surface area contributed by atoms with Crippen LogP contribution in [0.2, 0.25) is 0 Å². The van der Waals surface area contributed by atoms with Crippen molar-refractivity contribution < 1.29 is 13.9 Å². The Hall–Kier alpha value is -1.62. The van der Waals surface area contributed by atoms with Gasteiger partial charge in [0, 0.05) is 25.0 Å². The Morgan fingerprint density at radius 2 is 2.09 bits per heavy atom. The molecule has 1 fully saturated rings. The van der Waals surface area contributed by atoms with E-state index in [-0.39, 0.29) is 23.9 Å². The van der Waals surface area contributed by atoms with Crippen molar-refractivity contribution in [2.45, 2.75) is 51.7 Å². The van der Waals surface area contributed by atoms with E-state index < -0.39 is 5.60 Å². The van der Waals surface area contributed by atoms with Gasteiger partial charge in [-0.3, -0.25) is 0 Å². The van der Waals surface area contributed by atoms with Gasteiger partial charge in [0.1, 0.15) is 11.4 Å². The van der Waals surface area contributed by atoms with E-state index >= 15 is 0 Å². The minimum atomic E-state index is -0.526. The normalized spacial score (nSPS) is 22.5. The Morgan fingerprint density at radius 1 is 1.41 bits per heavy atom. The number of carbonyl (C=O) groups excluding carboxylic acids is 1. The number of ether oxygens (including phenoxy) is 1. The van der Waals surface area contributed by atoms with Gasteiger partial charge in [0.05, 0.1) is 0 Å². The van der Waals surface area contributed by atoms with E-state index in [4.69, 9.17) is 10.5 Å². The zero-order valence-electron chi connectivity index (χ0n) is 13.7. The van der Waals surface area contributed by atoms with Gasteiger partial charge in [0.15, 0.2) is 0 Å². The molecule has 5 heteroatoms. The van der Waals surface area contributed by atoms with E-state index in [9.17, 15) is 9.18 Å². The third-order valence-electron chi connectivity index (χ3n) is 3.94. The quantitative estimate of drug-likeness (QED) is 0.867. The standard InChI is InChI=1S/C17H25FN2O2/c1-11-5-6-12(9-14(11)18)13-10-20(8-7-15(13)19)16(21)22-17(2,3)4/h5-6,9,13,15H,7-8,10,19H2,1-4H3/t13-,15+/m0/s1. The van der Waals surface area contributed by atoms with Crippen molar-refractivity contribution in [2.24, 2.45) is 5.73 Å². The van der Waals surface area contributed by atoms with Crippen LogP contribution in [0.1, 0.15) is 44.2 Å². The van der Waals surface area contributed by atoms with Crippen LogP contribution in [-0.2, 0) is 4.74 Å². The number of halogens is 1. The van der Waals surface area contributed by atoms with Gasteiger partial charge in [-0.1, -0.05) is 12.1 Å². The van der Waals surface area contributed by atoms with E-state index in [2.05, 4.69) is 0 Å². The average molecular weight is 308 g/mol. The van der Waals surface area contributed by atoms with Gasteiger partial charge in [-0.05, 0) is 51.3 Å². The van der Waals surface area contributed by atoms with Gasteiger partial charge in [0.25, 0.3) is 0 Å². The van der Waals surface area contributed by atoms with E-state index in [0.717, 1.165) is 5.56 Å². The summed E-state index contributed by atoms with van der Waals surface area (Å²) >= 11 is 0. The molecule has 1 saturated heterocycles. The summed E-state index contributed by atoms with van der Waals surface area (Å²) in [5.41, 5.74) is 7.11. The van der Waals surface area contributed by atoms with Crippen molar-refractivity contribution >= 4 is 6.09 Å². The van der Waals surface area contributed by atoms with E-state index in [0.29, 0.717) is 25.1 Å². The molecule has 0 unspecified atom stereocenters. The summed E-state index contributed by atoms with van der Waals surface area (Å²) in [7, 11) is 0. The Kier molecular flexibility index (Phi) is 4.75. The highest BCUT2D eigenvalue weighted by Gasteiger charge is 2.32. The summed E-state index contributed by atoms with van der Waals surface area (Å²) in [6.45, 7) is 8.28. The first-order valence-corrected chi connectivity index (χ1v) is 7.67. The molecule has 0 aliphatic carbocycles. The summed E-state index contributed by atoms with van der Waals surface area (Å²) in [6, 6.07) is 5.09. The molecule has 0 bridgehead atoms. The Morgan fingerprint density at radius 3 is 2.68 bits per heavy atom. The van der Waals surface area contributed by atoms with Gasteiger partial charge in [-0.25, -0.2) is 9.18 Å². The molecule has 122 valence electrons. The summed E-state index contributed by atoms with van der Waals surface area (Å²) in [5.74, 6) is -0.310. The van der Waals surface area contributed by atoms with Gasteiger partial charge in [-0.2, -0.15) is 0 Å². The number of amides is 1. The zero-order chi connectivity index (χ0) is 16.5. The topological polar surface area (TPSA) is 55.6 Å². The maximum Gasteiger partial charge on any atom is 0.410 e. The fraction of sp³-hybridized carbons (Fsp3) is 0.588. The van der Waals surface area contributed by atoms with Crippen LogP contribution >= 0.6 is 0 Å². The van der Waals surface area contributed by atoms with Crippen molar-refractivity contribution in [1.82, 2.24) is 4.90 Å². The molecule has 2 rings (SSSR count). The number of carbonyl (C=O) groups is 1. The first kappa shape index (κ1) is 16.7. The minimum absolute atomic E-state index is 0.0728. The number of rotatable bonds is 1. The number of hydrogen-bond donors (Lipinski definition) is 1. The lowest BCUT2D eigenvalue weighted by Crippen LogP contribution is -2.49. The summed E-state index contributed by atoms with van der Waals surface area (Å²) < 4.78 is 19.2. The van der Waals surface area contributed by atoms with Gasteiger partial charge >= 0.3 is 6.09 Å². The van der Waals surface area contributed by atoms with Crippen molar-refractivity contribution in [1.29, 1.82) is 0 Å². The van der Waals surface area contributed by atoms with Crippen LogP contribution in [0.15, 0.2) is 18.2 Å². The number of nitrogens with zero attached hydrogens (tertiary/aromatic N) is 1. The van der Waals surface area contributed by atoms with Crippen LogP contribution in [0.25, 0.3) is 0 Å². The largest absolute Gasteiger partial charge is 0.444 e. The van der Waals surface area contributed by atoms with E-state index in [1.807, 2.05) is 26.8 Å². The van der Waals surface area contributed by atoms with E-state index in [1.54, 1.807) is 17.9 Å². The molecule has 0 saturated carbocycles. The molecular formula is C17H25FN2O2. The number of nitrogens with two attached hydrogens (primary N) is 1. The second-order valence-corrected chi connectivity index (χ2v) is 6.99. The number of hydrogen-bond acceptors (Lipinski definition) is 3. The SMILES string of the molecule is Cc1ccc([C@@H]2CN(C(=O)OC(C)(C)C)CC[C@H]2N)cc1F. The lowest BCUT2D eigenvalue weighted by Gasteiger charge is -2.37. The molecule has 1 amide bonds. The van der Waals surface area contributed by atoms with Gasteiger partial charge in [-0.15, -0.1) is 0 Å². The highest BCUT2D eigenvalue weighted by Crippen LogP contribution is 2.28. The van der Waals surface area contributed by atoms with Crippen LogP contribution in [-0.4, -0.2) is 35.7 Å². The monoisotopic (exact) mass is 308 g/mol. The number of likely N-dealkylation sites (tertiary alicyclic amines) is 1. The van der Waals surface area contributed by atoms with Crippen molar-refractivity contribution in [3.8, 4) is 0 Å². The summed E-state index contributed by atoms with van der Waals surface area (Å²) in [4.78, 5) is 13.9. The molecule has 0 radical (unpaired) electrons. The Balaban J connectivity index is 2.14. The van der Waals surface area contributed by atoms with Gasteiger partial charge in [0.2, 0.25) is 0 Å². The first-order chi connectivity index (χ1) is 10.2. The third-order valence-corrected chi connectivity index (χ3v) is 3.94. The highest BCUT2D eigenvalue weighted by molar-refractivity contribution is 5.68. The van der Waals surface area contributed by atoms with Crippen molar-refractivity contribution in [3.63, 3.8) is 0 Å². The molecule has 1 aromatic rings. The van der Waals surface area contributed by atoms with Crippen molar-refractivity contribution in [2.75, 3.05) is 13.1 Å². The third kappa shape index (κ3) is 3.97. The van der Waals surface area contributed by atoms with E-state index in [1.165, 1.54) is 6.07 Å². The van der Waals surface area contributed by atoms with Crippen LogP contribution < -0.4 is 5.73 Å². The number of piperidine rings is 1. The fourth-order valence-electron chi connectivity index (χ4n) is 2.65. The number of benzene rings is 1. The maximum absolute atomic E-state index is 13.8. The second-order valence-electron chi connectivity index (χ2n) is 6.99. The highest BCUT2D eigenvalue weighted by atomic mass is 19.1. The smallest absolute Gasteiger partial charge is 0.410 e. The predicted octanol–water partition coefficient (Wildman–Crippen LogP) is 3.19.